The highest BCUT2D eigenvalue weighted by molar-refractivity contribution is 5.94. The van der Waals surface area contributed by atoms with E-state index in [1.807, 2.05) is 43.1 Å². The summed E-state index contributed by atoms with van der Waals surface area (Å²) in [6, 6.07) is 7.79. The van der Waals surface area contributed by atoms with Crippen molar-refractivity contribution in [1.82, 2.24) is 10.2 Å². The van der Waals surface area contributed by atoms with Gasteiger partial charge in [-0.15, -0.1) is 0 Å². The number of carbonyl (C=O) groups is 1. The fraction of sp³-hybridized carbons (Fsp3) is 0.500. The van der Waals surface area contributed by atoms with E-state index in [0.29, 0.717) is 5.92 Å². The zero-order valence-electron chi connectivity index (χ0n) is 10.6. The molecular weight excluding hydrogens is 212 g/mol. The van der Waals surface area contributed by atoms with Gasteiger partial charge >= 0.3 is 0 Å². The van der Waals surface area contributed by atoms with Crippen LogP contribution in [0.4, 0.5) is 0 Å². The smallest absolute Gasteiger partial charge is 0.253 e. The summed E-state index contributed by atoms with van der Waals surface area (Å²) in [4.78, 5) is 14.0. The van der Waals surface area contributed by atoms with Gasteiger partial charge in [0.2, 0.25) is 0 Å². The fourth-order valence-corrected chi connectivity index (χ4v) is 2.34. The second kappa shape index (κ2) is 5.32. The van der Waals surface area contributed by atoms with Gasteiger partial charge in [-0.3, -0.25) is 4.79 Å². The number of carbonyl (C=O) groups excluding carboxylic acids is 1. The van der Waals surface area contributed by atoms with Crippen molar-refractivity contribution in [3.8, 4) is 0 Å². The molecule has 0 bridgehead atoms. The van der Waals surface area contributed by atoms with E-state index in [4.69, 9.17) is 0 Å². The molecule has 1 saturated heterocycles. The number of amides is 1. The van der Waals surface area contributed by atoms with Gasteiger partial charge in [0, 0.05) is 19.2 Å². The third-order valence-electron chi connectivity index (χ3n) is 3.31. The molecule has 0 saturated carbocycles. The van der Waals surface area contributed by atoms with E-state index in [1.54, 1.807) is 0 Å². The predicted molar refractivity (Wildman–Crippen MR) is 69.1 cm³/mol. The van der Waals surface area contributed by atoms with E-state index in [9.17, 15) is 4.79 Å². The Balaban J connectivity index is 1.98. The number of aryl methyl sites for hydroxylation is 1. The quantitative estimate of drug-likeness (QED) is 0.860. The molecule has 1 amide bonds. The number of nitrogens with one attached hydrogen (secondary N) is 1. The molecule has 0 radical (unpaired) electrons. The van der Waals surface area contributed by atoms with Gasteiger partial charge in [0.05, 0.1) is 0 Å². The highest BCUT2D eigenvalue weighted by Crippen LogP contribution is 2.12. The average molecular weight is 232 g/mol. The van der Waals surface area contributed by atoms with Crippen LogP contribution in [0.1, 0.15) is 22.3 Å². The van der Waals surface area contributed by atoms with Crippen molar-refractivity contribution in [3.05, 3.63) is 35.4 Å². The zero-order valence-corrected chi connectivity index (χ0v) is 10.6. The van der Waals surface area contributed by atoms with Gasteiger partial charge in [-0.1, -0.05) is 17.7 Å². The maximum Gasteiger partial charge on any atom is 0.253 e. The molecule has 1 aromatic rings. The molecule has 92 valence electrons. The van der Waals surface area contributed by atoms with Crippen LogP contribution < -0.4 is 5.32 Å². The molecule has 1 aromatic carbocycles. The van der Waals surface area contributed by atoms with Gasteiger partial charge in [0.1, 0.15) is 0 Å². The van der Waals surface area contributed by atoms with Crippen LogP contribution in [-0.2, 0) is 0 Å². The number of benzene rings is 1. The van der Waals surface area contributed by atoms with Crippen LogP contribution in [0, 0.1) is 12.8 Å². The van der Waals surface area contributed by atoms with Crippen LogP contribution in [0.25, 0.3) is 0 Å². The van der Waals surface area contributed by atoms with Crippen molar-refractivity contribution in [2.45, 2.75) is 13.3 Å². The second-order valence-electron chi connectivity index (χ2n) is 4.91. The lowest BCUT2D eigenvalue weighted by Gasteiger charge is -2.21. The molecule has 0 aromatic heterocycles. The summed E-state index contributed by atoms with van der Waals surface area (Å²) >= 11 is 0. The molecule has 1 N–H and O–H groups in total. The van der Waals surface area contributed by atoms with Crippen LogP contribution in [0.3, 0.4) is 0 Å². The monoisotopic (exact) mass is 232 g/mol. The third kappa shape index (κ3) is 3.07. The number of rotatable bonds is 3. The average Bonchev–Trinajstić information content (AvgIpc) is 2.80. The Kier molecular flexibility index (Phi) is 3.79. The SMILES string of the molecule is Cc1cccc(C(=O)N(C)CC2CCNC2)c1. The Morgan fingerprint density at radius 3 is 3.00 bits per heavy atom. The predicted octanol–water partition coefficient (Wildman–Crippen LogP) is 1.68. The molecule has 2 rings (SSSR count). The van der Waals surface area contributed by atoms with Crippen molar-refractivity contribution in [2.75, 3.05) is 26.7 Å². The standard InChI is InChI=1S/C14H20N2O/c1-11-4-3-5-13(8-11)14(17)16(2)10-12-6-7-15-9-12/h3-5,8,12,15H,6-7,9-10H2,1-2H3. The normalized spacial score (nSPS) is 19.3. The van der Waals surface area contributed by atoms with Crippen LogP contribution in [0.5, 0.6) is 0 Å². The molecule has 3 nitrogen and oxygen atoms in total. The van der Waals surface area contributed by atoms with Gasteiger partial charge in [0.15, 0.2) is 0 Å². The van der Waals surface area contributed by atoms with E-state index < -0.39 is 0 Å². The maximum atomic E-state index is 12.2. The van der Waals surface area contributed by atoms with Crippen molar-refractivity contribution >= 4 is 5.91 Å². The summed E-state index contributed by atoms with van der Waals surface area (Å²) in [7, 11) is 1.89. The summed E-state index contributed by atoms with van der Waals surface area (Å²) in [5.74, 6) is 0.731. The first-order valence-corrected chi connectivity index (χ1v) is 6.19. The van der Waals surface area contributed by atoms with Gasteiger partial charge < -0.3 is 10.2 Å². The maximum absolute atomic E-state index is 12.2. The Morgan fingerprint density at radius 2 is 2.35 bits per heavy atom. The van der Waals surface area contributed by atoms with Crippen molar-refractivity contribution in [2.24, 2.45) is 5.92 Å². The molecule has 1 aliphatic heterocycles. The van der Waals surface area contributed by atoms with Crippen molar-refractivity contribution in [3.63, 3.8) is 0 Å². The molecule has 3 heteroatoms. The Labute approximate surface area is 103 Å². The van der Waals surface area contributed by atoms with E-state index in [1.165, 1.54) is 6.42 Å². The summed E-state index contributed by atoms with van der Waals surface area (Å²) < 4.78 is 0. The van der Waals surface area contributed by atoms with E-state index >= 15 is 0 Å². The number of nitrogens with zero attached hydrogens (tertiary/aromatic N) is 1. The van der Waals surface area contributed by atoms with Crippen LogP contribution in [-0.4, -0.2) is 37.5 Å². The molecule has 17 heavy (non-hydrogen) atoms. The summed E-state index contributed by atoms with van der Waals surface area (Å²) in [5.41, 5.74) is 1.92. The first-order chi connectivity index (χ1) is 8.16. The lowest BCUT2D eigenvalue weighted by Crippen LogP contribution is -2.32. The van der Waals surface area contributed by atoms with Crippen molar-refractivity contribution in [1.29, 1.82) is 0 Å². The van der Waals surface area contributed by atoms with Gasteiger partial charge in [-0.2, -0.15) is 0 Å². The minimum atomic E-state index is 0.126. The summed E-state index contributed by atoms with van der Waals surface area (Å²) in [6.45, 7) is 4.97. The van der Waals surface area contributed by atoms with Crippen molar-refractivity contribution < 1.29 is 4.79 Å². The van der Waals surface area contributed by atoms with E-state index in [-0.39, 0.29) is 5.91 Å². The zero-order chi connectivity index (χ0) is 12.3. The minimum Gasteiger partial charge on any atom is -0.341 e. The minimum absolute atomic E-state index is 0.126. The van der Waals surface area contributed by atoms with Gasteiger partial charge in [-0.05, 0) is 44.5 Å². The lowest BCUT2D eigenvalue weighted by atomic mass is 10.1. The van der Waals surface area contributed by atoms with E-state index in [2.05, 4.69) is 5.32 Å². The molecule has 1 unspecified atom stereocenters. The molecule has 1 aliphatic rings. The Morgan fingerprint density at radius 1 is 1.53 bits per heavy atom. The Bertz CT molecular complexity index is 397. The van der Waals surface area contributed by atoms with Gasteiger partial charge in [-0.25, -0.2) is 0 Å². The Hall–Kier alpha value is -1.35. The molecule has 0 aliphatic carbocycles. The van der Waals surface area contributed by atoms with Crippen LogP contribution in [0.15, 0.2) is 24.3 Å². The highest BCUT2D eigenvalue weighted by Gasteiger charge is 2.19. The molecule has 1 fully saturated rings. The van der Waals surface area contributed by atoms with Crippen LogP contribution in [0.2, 0.25) is 0 Å². The second-order valence-corrected chi connectivity index (χ2v) is 4.91. The highest BCUT2D eigenvalue weighted by atomic mass is 16.2. The molecule has 0 spiro atoms. The van der Waals surface area contributed by atoms with E-state index in [0.717, 1.165) is 30.8 Å². The third-order valence-corrected chi connectivity index (χ3v) is 3.31. The topological polar surface area (TPSA) is 32.3 Å². The van der Waals surface area contributed by atoms with Crippen LogP contribution >= 0.6 is 0 Å². The molecular formula is C14H20N2O. The first-order valence-electron chi connectivity index (χ1n) is 6.19. The van der Waals surface area contributed by atoms with Gasteiger partial charge in [0.25, 0.3) is 5.91 Å². The summed E-state index contributed by atoms with van der Waals surface area (Å²) in [5, 5.41) is 3.33. The first kappa shape index (κ1) is 12.1. The molecule has 1 atom stereocenters. The largest absolute Gasteiger partial charge is 0.341 e. The molecule has 1 heterocycles. The summed E-state index contributed by atoms with van der Waals surface area (Å²) in [6.07, 6.45) is 1.17. The number of hydrogen-bond acceptors (Lipinski definition) is 2. The number of hydrogen-bond donors (Lipinski definition) is 1. The lowest BCUT2D eigenvalue weighted by molar-refractivity contribution is 0.0776. The fourth-order valence-electron chi connectivity index (χ4n) is 2.34.